The standard InChI is InChI=1S/C18H21N3O4/c22-15(20-10-6-2-1-3-7-11-20)12-21-17(23)14-9-5-4-8-13(14)16(19-21)18(24)25/h4-5,8-9H,1-3,6-7,10-12H2,(H,24,25). The second-order valence-electron chi connectivity index (χ2n) is 6.31. The monoisotopic (exact) mass is 343 g/mol. The number of aromatic carboxylic acids is 1. The van der Waals surface area contributed by atoms with Gasteiger partial charge in [0.25, 0.3) is 5.56 Å². The highest BCUT2D eigenvalue weighted by Crippen LogP contribution is 2.14. The topological polar surface area (TPSA) is 92.5 Å². The van der Waals surface area contributed by atoms with Gasteiger partial charge < -0.3 is 10.0 Å². The van der Waals surface area contributed by atoms with Crippen molar-refractivity contribution in [3.8, 4) is 0 Å². The molecule has 2 aromatic rings. The van der Waals surface area contributed by atoms with Crippen LogP contribution in [0, 0.1) is 0 Å². The number of aromatic nitrogens is 2. The molecule has 1 amide bonds. The number of rotatable bonds is 3. The zero-order valence-corrected chi connectivity index (χ0v) is 14.0. The molecular weight excluding hydrogens is 322 g/mol. The van der Waals surface area contributed by atoms with Gasteiger partial charge in [-0.05, 0) is 18.9 Å². The van der Waals surface area contributed by atoms with E-state index in [0.717, 1.165) is 30.4 Å². The van der Waals surface area contributed by atoms with Crippen LogP contribution in [-0.4, -0.2) is 44.8 Å². The van der Waals surface area contributed by atoms with E-state index in [-0.39, 0.29) is 28.9 Å². The summed E-state index contributed by atoms with van der Waals surface area (Å²) in [5, 5.41) is 13.9. The van der Waals surface area contributed by atoms with E-state index < -0.39 is 11.5 Å². The highest BCUT2D eigenvalue weighted by molar-refractivity contribution is 6.01. The molecule has 0 atom stereocenters. The summed E-state index contributed by atoms with van der Waals surface area (Å²) >= 11 is 0. The number of benzene rings is 1. The number of fused-ring (bicyclic) bond motifs is 1. The van der Waals surface area contributed by atoms with Crippen molar-refractivity contribution in [2.24, 2.45) is 0 Å². The fourth-order valence-electron chi connectivity index (χ4n) is 3.23. The van der Waals surface area contributed by atoms with E-state index in [1.807, 2.05) is 0 Å². The van der Waals surface area contributed by atoms with Crippen LogP contribution in [0.25, 0.3) is 10.8 Å². The Hall–Kier alpha value is -2.70. The Kier molecular flexibility index (Phi) is 5.11. The van der Waals surface area contributed by atoms with E-state index in [1.165, 1.54) is 6.42 Å². The van der Waals surface area contributed by atoms with Crippen LogP contribution in [0.1, 0.15) is 42.6 Å². The maximum atomic E-state index is 12.6. The molecule has 0 saturated carbocycles. The molecule has 0 unspecified atom stereocenters. The molecule has 0 bridgehead atoms. The highest BCUT2D eigenvalue weighted by atomic mass is 16.4. The van der Waals surface area contributed by atoms with Gasteiger partial charge in [-0.15, -0.1) is 0 Å². The summed E-state index contributed by atoms with van der Waals surface area (Å²) < 4.78 is 0.979. The molecule has 0 radical (unpaired) electrons. The molecule has 0 spiro atoms. The maximum absolute atomic E-state index is 12.6. The molecule has 7 heteroatoms. The summed E-state index contributed by atoms with van der Waals surface area (Å²) in [6.45, 7) is 1.11. The zero-order valence-electron chi connectivity index (χ0n) is 14.0. The molecule has 1 saturated heterocycles. The molecule has 132 valence electrons. The van der Waals surface area contributed by atoms with Gasteiger partial charge >= 0.3 is 5.97 Å². The summed E-state index contributed by atoms with van der Waals surface area (Å²) in [5.41, 5.74) is -0.656. The van der Waals surface area contributed by atoms with Crippen LogP contribution in [-0.2, 0) is 11.3 Å². The first-order chi connectivity index (χ1) is 12.1. The fraction of sp³-hybridized carbons (Fsp3) is 0.444. The summed E-state index contributed by atoms with van der Waals surface area (Å²) in [7, 11) is 0. The van der Waals surface area contributed by atoms with E-state index >= 15 is 0 Å². The first-order valence-corrected chi connectivity index (χ1v) is 8.59. The lowest BCUT2D eigenvalue weighted by Crippen LogP contribution is -2.39. The Morgan fingerprint density at radius 2 is 1.60 bits per heavy atom. The van der Waals surface area contributed by atoms with E-state index in [9.17, 15) is 19.5 Å². The van der Waals surface area contributed by atoms with Crippen molar-refractivity contribution in [1.29, 1.82) is 0 Å². The molecular formula is C18H21N3O4. The van der Waals surface area contributed by atoms with Gasteiger partial charge in [0.15, 0.2) is 5.69 Å². The van der Waals surface area contributed by atoms with Crippen LogP contribution in [0.15, 0.2) is 29.1 Å². The maximum Gasteiger partial charge on any atom is 0.357 e. The molecule has 1 fully saturated rings. The second kappa shape index (κ2) is 7.46. The molecule has 1 aromatic carbocycles. The smallest absolute Gasteiger partial charge is 0.357 e. The summed E-state index contributed by atoms with van der Waals surface area (Å²) in [6.07, 6.45) is 5.29. The van der Waals surface area contributed by atoms with Gasteiger partial charge in [-0.25, -0.2) is 9.48 Å². The van der Waals surface area contributed by atoms with Crippen molar-refractivity contribution in [1.82, 2.24) is 14.7 Å². The largest absolute Gasteiger partial charge is 0.476 e. The predicted molar refractivity (Wildman–Crippen MR) is 92.6 cm³/mol. The first-order valence-electron chi connectivity index (χ1n) is 8.59. The van der Waals surface area contributed by atoms with Crippen molar-refractivity contribution < 1.29 is 14.7 Å². The lowest BCUT2D eigenvalue weighted by atomic mass is 10.1. The number of hydrogen-bond acceptors (Lipinski definition) is 4. The Balaban J connectivity index is 1.92. The number of carbonyl (C=O) groups excluding carboxylic acids is 1. The SMILES string of the molecule is O=C(O)c1nn(CC(=O)N2CCCCCCC2)c(=O)c2ccccc12. The van der Waals surface area contributed by atoms with Gasteiger partial charge in [-0.2, -0.15) is 5.10 Å². The lowest BCUT2D eigenvalue weighted by molar-refractivity contribution is -0.132. The van der Waals surface area contributed by atoms with Crippen LogP contribution in [0.5, 0.6) is 0 Å². The third kappa shape index (κ3) is 3.70. The molecule has 1 aromatic heterocycles. The van der Waals surface area contributed by atoms with Crippen molar-refractivity contribution >= 4 is 22.6 Å². The van der Waals surface area contributed by atoms with Crippen molar-refractivity contribution in [3.05, 3.63) is 40.3 Å². The summed E-state index contributed by atoms with van der Waals surface area (Å²) in [5.74, 6) is -1.41. The third-order valence-electron chi connectivity index (χ3n) is 4.56. The van der Waals surface area contributed by atoms with Gasteiger partial charge in [0, 0.05) is 18.5 Å². The van der Waals surface area contributed by atoms with Gasteiger partial charge in [0.05, 0.1) is 5.39 Å². The zero-order chi connectivity index (χ0) is 17.8. The first kappa shape index (κ1) is 17.1. The number of carboxylic acid groups (broad SMARTS) is 1. The van der Waals surface area contributed by atoms with Crippen molar-refractivity contribution in [3.63, 3.8) is 0 Å². The molecule has 3 rings (SSSR count). The Morgan fingerprint density at radius 1 is 1.00 bits per heavy atom. The normalized spacial score (nSPS) is 15.6. The van der Waals surface area contributed by atoms with Crippen LogP contribution in [0.3, 0.4) is 0 Å². The molecule has 1 aliphatic rings. The number of carbonyl (C=O) groups is 2. The number of carboxylic acids is 1. The average Bonchev–Trinajstić information content (AvgIpc) is 2.56. The molecule has 1 aliphatic heterocycles. The molecule has 7 nitrogen and oxygen atoms in total. The van der Waals surface area contributed by atoms with Gasteiger partial charge in [0.2, 0.25) is 5.91 Å². The predicted octanol–water partition coefficient (Wildman–Crippen LogP) is 1.89. The molecule has 0 aliphatic carbocycles. The minimum atomic E-state index is -1.22. The second-order valence-corrected chi connectivity index (χ2v) is 6.31. The van der Waals surface area contributed by atoms with E-state index in [1.54, 1.807) is 29.2 Å². The van der Waals surface area contributed by atoms with Gasteiger partial charge in [-0.3, -0.25) is 9.59 Å². The van der Waals surface area contributed by atoms with Crippen LogP contribution in [0.4, 0.5) is 0 Å². The quantitative estimate of drug-likeness (QED) is 0.919. The fourth-order valence-corrected chi connectivity index (χ4v) is 3.23. The Labute approximate surface area is 144 Å². The van der Waals surface area contributed by atoms with Gasteiger partial charge in [0.1, 0.15) is 6.54 Å². The number of likely N-dealkylation sites (tertiary alicyclic amines) is 1. The minimum Gasteiger partial charge on any atom is -0.476 e. The van der Waals surface area contributed by atoms with E-state index in [4.69, 9.17) is 0 Å². The van der Waals surface area contributed by atoms with Crippen molar-refractivity contribution in [2.75, 3.05) is 13.1 Å². The molecule has 2 heterocycles. The highest BCUT2D eigenvalue weighted by Gasteiger charge is 2.20. The minimum absolute atomic E-state index is 0.192. The van der Waals surface area contributed by atoms with Crippen LogP contribution >= 0.6 is 0 Å². The molecule has 25 heavy (non-hydrogen) atoms. The number of nitrogens with zero attached hydrogens (tertiary/aromatic N) is 3. The summed E-state index contributed by atoms with van der Waals surface area (Å²) in [6, 6.07) is 6.44. The molecule has 1 N–H and O–H groups in total. The van der Waals surface area contributed by atoms with Crippen molar-refractivity contribution in [2.45, 2.75) is 38.6 Å². The Bertz CT molecular complexity index is 851. The van der Waals surface area contributed by atoms with E-state index in [0.29, 0.717) is 13.1 Å². The van der Waals surface area contributed by atoms with Crippen LogP contribution in [0.2, 0.25) is 0 Å². The average molecular weight is 343 g/mol. The van der Waals surface area contributed by atoms with Crippen LogP contribution < -0.4 is 5.56 Å². The summed E-state index contributed by atoms with van der Waals surface area (Å²) in [4.78, 5) is 38.4. The van der Waals surface area contributed by atoms with Gasteiger partial charge in [-0.1, -0.05) is 37.5 Å². The Morgan fingerprint density at radius 3 is 2.24 bits per heavy atom. The number of hydrogen-bond donors (Lipinski definition) is 1. The third-order valence-corrected chi connectivity index (χ3v) is 4.56. The lowest BCUT2D eigenvalue weighted by Gasteiger charge is -2.25. The van der Waals surface area contributed by atoms with E-state index in [2.05, 4.69) is 5.10 Å². The number of amides is 1.